The number of piperidine rings is 1. The number of carbonyl (C=O) groups excluding carboxylic acids is 1. The molecule has 0 saturated carbocycles. The van der Waals surface area contributed by atoms with Crippen LogP contribution in [-0.4, -0.2) is 69.6 Å². The molecule has 9 heteroatoms. The standard InChI is InChI=1S/C17H24N2O5S.ClH/c1-19(11-13-12-23-14-5-3-4-6-15(14)24-13)16(20)17(25(2,21)22)7-9-18-10-8-17;/h3-6,13,18H,7-12H2,1-2H3;1H. The van der Waals surface area contributed by atoms with Crippen molar-refractivity contribution in [3.05, 3.63) is 24.3 Å². The Balaban J connectivity index is 0.00000243. The van der Waals surface area contributed by atoms with Gasteiger partial charge in [-0.15, -0.1) is 12.4 Å². The van der Waals surface area contributed by atoms with Crippen LogP contribution in [0.15, 0.2) is 24.3 Å². The first-order valence-electron chi connectivity index (χ1n) is 8.38. The number of hydrogen-bond acceptors (Lipinski definition) is 6. The lowest BCUT2D eigenvalue weighted by atomic mass is 9.95. The van der Waals surface area contributed by atoms with E-state index in [1.807, 2.05) is 24.3 Å². The lowest BCUT2D eigenvalue weighted by Gasteiger charge is -2.38. The van der Waals surface area contributed by atoms with Gasteiger partial charge < -0.3 is 19.7 Å². The second kappa shape index (κ2) is 8.02. The third kappa shape index (κ3) is 3.92. The summed E-state index contributed by atoms with van der Waals surface area (Å²) >= 11 is 0. The third-order valence-corrected chi connectivity index (χ3v) is 6.90. The molecule has 1 amide bonds. The highest BCUT2D eigenvalue weighted by atomic mass is 35.5. The molecule has 26 heavy (non-hydrogen) atoms. The summed E-state index contributed by atoms with van der Waals surface area (Å²) in [6.07, 6.45) is 1.41. The van der Waals surface area contributed by atoms with Crippen molar-refractivity contribution in [2.45, 2.75) is 23.7 Å². The lowest BCUT2D eigenvalue weighted by Crippen LogP contribution is -2.58. The van der Waals surface area contributed by atoms with Crippen LogP contribution >= 0.6 is 12.4 Å². The molecule has 1 fully saturated rings. The van der Waals surface area contributed by atoms with Crippen LogP contribution in [0.25, 0.3) is 0 Å². The molecule has 2 heterocycles. The maximum absolute atomic E-state index is 13.0. The Morgan fingerprint density at radius 2 is 1.88 bits per heavy atom. The van der Waals surface area contributed by atoms with Gasteiger partial charge in [-0.3, -0.25) is 4.79 Å². The quantitative estimate of drug-likeness (QED) is 0.801. The first-order valence-corrected chi connectivity index (χ1v) is 10.3. The summed E-state index contributed by atoms with van der Waals surface area (Å²) in [5.41, 5.74) is 0. The van der Waals surface area contributed by atoms with Crippen LogP contribution in [0.2, 0.25) is 0 Å². The van der Waals surface area contributed by atoms with E-state index >= 15 is 0 Å². The van der Waals surface area contributed by atoms with E-state index in [2.05, 4.69) is 5.32 Å². The number of halogens is 1. The molecule has 7 nitrogen and oxygen atoms in total. The number of carbonyl (C=O) groups is 1. The van der Waals surface area contributed by atoms with Crippen LogP contribution in [0.4, 0.5) is 0 Å². The Hall–Kier alpha value is -1.51. The molecule has 0 bridgehead atoms. The number of rotatable bonds is 4. The molecule has 0 aliphatic carbocycles. The molecule has 2 aliphatic heterocycles. The van der Waals surface area contributed by atoms with Crippen LogP contribution in [-0.2, 0) is 14.6 Å². The predicted octanol–water partition coefficient (Wildman–Crippen LogP) is 0.873. The van der Waals surface area contributed by atoms with Gasteiger partial charge in [0.05, 0.1) is 6.54 Å². The van der Waals surface area contributed by atoms with Crippen LogP contribution in [0, 0.1) is 0 Å². The van der Waals surface area contributed by atoms with E-state index in [0.717, 1.165) is 6.26 Å². The van der Waals surface area contributed by atoms with Gasteiger partial charge in [-0.25, -0.2) is 8.42 Å². The van der Waals surface area contributed by atoms with E-state index < -0.39 is 14.6 Å². The fourth-order valence-electron chi connectivity index (χ4n) is 3.46. The van der Waals surface area contributed by atoms with E-state index in [9.17, 15) is 13.2 Å². The summed E-state index contributed by atoms with van der Waals surface area (Å²) < 4.78 is 35.0. The molecule has 1 saturated heterocycles. The summed E-state index contributed by atoms with van der Waals surface area (Å²) in [4.78, 5) is 14.5. The number of amides is 1. The first-order chi connectivity index (χ1) is 11.8. The highest BCUT2D eigenvalue weighted by Gasteiger charge is 2.50. The van der Waals surface area contributed by atoms with Gasteiger partial charge in [0.15, 0.2) is 32.2 Å². The second-order valence-corrected chi connectivity index (χ2v) is 9.03. The van der Waals surface area contributed by atoms with Gasteiger partial charge in [0, 0.05) is 13.3 Å². The first kappa shape index (κ1) is 20.8. The molecular weight excluding hydrogens is 380 g/mol. The van der Waals surface area contributed by atoms with Gasteiger partial charge in [0.1, 0.15) is 6.61 Å². The van der Waals surface area contributed by atoms with Crippen LogP contribution in [0.3, 0.4) is 0 Å². The molecule has 1 aromatic rings. The van der Waals surface area contributed by atoms with Gasteiger partial charge in [0.25, 0.3) is 0 Å². The largest absolute Gasteiger partial charge is 0.486 e. The van der Waals surface area contributed by atoms with Crippen molar-refractivity contribution in [1.29, 1.82) is 0 Å². The molecule has 0 spiro atoms. The highest BCUT2D eigenvalue weighted by molar-refractivity contribution is 7.92. The molecular formula is C17H25ClN2O5S. The Morgan fingerprint density at radius 1 is 1.27 bits per heavy atom. The predicted molar refractivity (Wildman–Crippen MR) is 101 cm³/mol. The zero-order chi connectivity index (χ0) is 18.1. The van der Waals surface area contributed by atoms with Gasteiger partial charge >= 0.3 is 0 Å². The second-order valence-electron chi connectivity index (χ2n) is 6.70. The molecule has 1 N–H and O–H groups in total. The Labute approximate surface area is 160 Å². The number of ether oxygens (including phenoxy) is 2. The minimum Gasteiger partial charge on any atom is -0.486 e. The lowest BCUT2D eigenvalue weighted by molar-refractivity contribution is -0.134. The number of sulfone groups is 1. The summed E-state index contributed by atoms with van der Waals surface area (Å²) in [7, 11) is -1.90. The number of likely N-dealkylation sites (N-methyl/N-ethyl adjacent to an activating group) is 1. The zero-order valence-corrected chi connectivity index (χ0v) is 16.6. The highest BCUT2D eigenvalue weighted by Crippen LogP contribution is 2.32. The number of benzene rings is 1. The summed E-state index contributed by atoms with van der Waals surface area (Å²) in [5, 5.41) is 3.12. The van der Waals surface area contributed by atoms with E-state index in [1.165, 1.54) is 4.90 Å². The van der Waals surface area contributed by atoms with Gasteiger partial charge in [-0.2, -0.15) is 0 Å². The van der Waals surface area contributed by atoms with Crippen molar-refractivity contribution in [2.75, 3.05) is 39.5 Å². The number of nitrogens with one attached hydrogen (secondary N) is 1. The van der Waals surface area contributed by atoms with Crippen molar-refractivity contribution < 1.29 is 22.7 Å². The monoisotopic (exact) mass is 404 g/mol. The zero-order valence-electron chi connectivity index (χ0n) is 14.9. The average Bonchev–Trinajstić information content (AvgIpc) is 2.60. The topological polar surface area (TPSA) is 84.9 Å². The van der Waals surface area contributed by atoms with Crippen molar-refractivity contribution in [1.82, 2.24) is 10.2 Å². The third-order valence-electron chi connectivity index (χ3n) is 4.90. The summed E-state index contributed by atoms with van der Waals surface area (Å²) in [6, 6.07) is 7.36. The Morgan fingerprint density at radius 3 is 2.50 bits per heavy atom. The maximum Gasteiger partial charge on any atom is 0.243 e. The van der Waals surface area contributed by atoms with Crippen LogP contribution in [0.5, 0.6) is 11.5 Å². The normalized spacial score (nSPS) is 21.4. The van der Waals surface area contributed by atoms with Gasteiger partial charge in [0.2, 0.25) is 5.91 Å². The fraction of sp³-hybridized carbons (Fsp3) is 0.588. The minimum atomic E-state index is -3.52. The van der Waals surface area contributed by atoms with Crippen molar-refractivity contribution in [3.63, 3.8) is 0 Å². The van der Waals surface area contributed by atoms with E-state index in [4.69, 9.17) is 9.47 Å². The smallest absolute Gasteiger partial charge is 0.243 e. The number of fused-ring (bicyclic) bond motifs is 1. The number of para-hydroxylation sites is 2. The minimum absolute atomic E-state index is 0. The molecule has 3 rings (SSSR count). The molecule has 1 unspecified atom stereocenters. The Kier molecular flexibility index (Phi) is 6.42. The molecule has 146 valence electrons. The number of hydrogen-bond donors (Lipinski definition) is 1. The molecule has 1 atom stereocenters. The van der Waals surface area contributed by atoms with Crippen molar-refractivity contribution in [2.24, 2.45) is 0 Å². The fourth-order valence-corrected chi connectivity index (χ4v) is 4.88. The molecule has 1 aromatic carbocycles. The maximum atomic E-state index is 13.0. The summed E-state index contributed by atoms with van der Waals surface area (Å²) in [5.74, 6) is 0.956. The molecule has 0 aromatic heterocycles. The van der Waals surface area contributed by atoms with Crippen LogP contribution in [0.1, 0.15) is 12.8 Å². The SMILES string of the molecule is CN(CC1COc2ccccc2O1)C(=O)C1(S(C)(=O)=O)CCNCC1.Cl. The van der Waals surface area contributed by atoms with E-state index in [-0.39, 0.29) is 31.0 Å². The number of nitrogens with zero attached hydrogens (tertiary/aromatic N) is 1. The van der Waals surface area contributed by atoms with Crippen molar-refractivity contribution in [3.8, 4) is 11.5 Å². The van der Waals surface area contributed by atoms with Crippen molar-refractivity contribution >= 4 is 28.2 Å². The summed E-state index contributed by atoms with van der Waals surface area (Å²) in [6.45, 7) is 1.63. The van der Waals surface area contributed by atoms with Crippen LogP contribution < -0.4 is 14.8 Å². The average molecular weight is 405 g/mol. The molecule has 2 aliphatic rings. The Bertz CT molecular complexity index is 749. The van der Waals surface area contributed by atoms with Gasteiger partial charge in [-0.05, 0) is 38.1 Å². The molecule has 0 radical (unpaired) electrons. The van der Waals surface area contributed by atoms with E-state index in [0.29, 0.717) is 44.0 Å². The van der Waals surface area contributed by atoms with Gasteiger partial charge in [-0.1, -0.05) is 12.1 Å². The van der Waals surface area contributed by atoms with E-state index in [1.54, 1.807) is 7.05 Å².